The van der Waals surface area contributed by atoms with Crippen molar-refractivity contribution in [2.45, 2.75) is 69.0 Å². The van der Waals surface area contributed by atoms with Gasteiger partial charge in [-0.25, -0.2) is 50.2 Å². The zero-order valence-corrected chi connectivity index (χ0v) is 53.0. The lowest BCUT2D eigenvalue weighted by Gasteiger charge is -2.11. The van der Waals surface area contributed by atoms with E-state index in [1.54, 1.807) is 149 Å². The molecule has 0 atom stereocenters. The van der Waals surface area contributed by atoms with Crippen molar-refractivity contribution in [1.82, 2.24) is 63.9 Å². The molecule has 0 spiro atoms. The zero-order valence-electron chi connectivity index (χ0n) is 49.8. The molecule has 0 saturated heterocycles. The summed E-state index contributed by atoms with van der Waals surface area (Å²) < 4.78 is 127. The first-order chi connectivity index (χ1) is 44.8. The van der Waals surface area contributed by atoms with Gasteiger partial charge in [0.25, 0.3) is 17.7 Å². The maximum Gasteiger partial charge on any atom is 0.416 e. The van der Waals surface area contributed by atoms with E-state index < -0.39 is 51.2 Å². The smallest absolute Gasteiger partial charge is 0.416 e. The van der Waals surface area contributed by atoms with Crippen LogP contribution < -0.4 is 20.7 Å². The average molecular weight is 1350 g/mol. The molecule has 0 unspecified atom stereocenters. The Kier molecular flexibility index (Phi) is 19.8. The Hall–Kier alpha value is -10.6. The van der Waals surface area contributed by atoms with Crippen LogP contribution >= 0.6 is 11.6 Å². The quantitative estimate of drug-likeness (QED) is 0.0720. The van der Waals surface area contributed by atoms with Gasteiger partial charge in [0.15, 0.2) is 0 Å². The standard InChI is InChI=1S/C25H25N3O4S.C21H14ClF3N4O3S.C18H16N6O3S/c1-18(2)17-32-21-4-3-5-23(14-21)33(30,31)22-9-6-19(7-10-22)15-27-25(29)20-8-11-24-26-12-13-28(24)16-20;22-17-9-15(21(23,24)25)3-6-18(17)33(31,32)16-4-1-13(2-5-16)10-27-19(30)14-11-28-20-26-7-8-29(20)12-14;1-23-12-16(10-22-23)28(26,27)15-4-2-13(3-5-15)8-20-17(25)14-9-21-18-19-6-7-24(18)11-14/h3-14,16,18H,15,17H2,1-2H3,(H,27,29);1-9,11-12H,10H2,(H,27,30);2-7,9-12H,8H2,1H3,(H,20,25). The highest BCUT2D eigenvalue weighted by atomic mass is 35.5. The third kappa shape index (κ3) is 15.8. The molecule has 12 rings (SSSR count). The molecule has 7 aromatic heterocycles. The van der Waals surface area contributed by atoms with Crippen LogP contribution in [0.5, 0.6) is 5.75 Å². The number of pyridine rings is 1. The Balaban J connectivity index is 0.000000155. The lowest BCUT2D eigenvalue weighted by atomic mass is 10.2. The summed E-state index contributed by atoms with van der Waals surface area (Å²) in [5, 5.41) is 11.7. The highest BCUT2D eigenvalue weighted by Crippen LogP contribution is 2.35. The molecule has 94 heavy (non-hydrogen) atoms. The molecular weight excluding hydrogens is 1300 g/mol. The molecule has 23 nitrogen and oxygen atoms in total. The fourth-order valence-electron chi connectivity index (χ4n) is 8.96. The number of imidazole rings is 3. The van der Waals surface area contributed by atoms with E-state index in [1.807, 2.05) is 13.8 Å². The largest absolute Gasteiger partial charge is 0.493 e. The molecular formula is C64H55ClF3N13O10S3. The van der Waals surface area contributed by atoms with E-state index >= 15 is 0 Å². The van der Waals surface area contributed by atoms with Crippen molar-refractivity contribution in [1.29, 1.82) is 0 Å². The van der Waals surface area contributed by atoms with Crippen LogP contribution in [0.15, 0.2) is 237 Å². The van der Waals surface area contributed by atoms with Crippen LogP contribution in [-0.4, -0.2) is 97.5 Å². The van der Waals surface area contributed by atoms with Gasteiger partial charge in [-0.15, -0.1) is 0 Å². The summed E-state index contributed by atoms with van der Waals surface area (Å²) in [5.74, 6) is 0.950. The number of nitrogens with zero attached hydrogens (tertiary/aromatic N) is 10. The number of alkyl halides is 3. The molecule has 0 aliphatic carbocycles. The van der Waals surface area contributed by atoms with E-state index in [9.17, 15) is 52.8 Å². The number of ether oxygens (including phenoxy) is 1. The van der Waals surface area contributed by atoms with Crippen molar-refractivity contribution in [3.8, 4) is 5.75 Å². The monoisotopic (exact) mass is 1350 g/mol. The number of carbonyl (C=O) groups excluding carboxylic acids is 3. The maximum absolute atomic E-state index is 13.0. The molecule has 3 amide bonds. The van der Waals surface area contributed by atoms with Gasteiger partial charge in [0.1, 0.15) is 16.3 Å². The molecule has 0 aliphatic heterocycles. The van der Waals surface area contributed by atoms with Crippen molar-refractivity contribution in [2.75, 3.05) is 6.61 Å². The van der Waals surface area contributed by atoms with Crippen LogP contribution in [-0.2, 0) is 62.4 Å². The maximum atomic E-state index is 13.0. The van der Waals surface area contributed by atoms with Gasteiger partial charge in [-0.2, -0.15) is 18.3 Å². The molecule has 7 heterocycles. The van der Waals surface area contributed by atoms with Crippen molar-refractivity contribution >= 4 is 76.0 Å². The second-order valence-electron chi connectivity index (χ2n) is 21.2. The van der Waals surface area contributed by atoms with Crippen LogP contribution in [0.3, 0.4) is 0 Å². The molecule has 482 valence electrons. The van der Waals surface area contributed by atoms with Gasteiger partial charge in [0.2, 0.25) is 41.1 Å². The van der Waals surface area contributed by atoms with Gasteiger partial charge in [0.05, 0.1) is 64.6 Å². The second kappa shape index (κ2) is 28.1. The molecule has 3 N–H and O–H groups in total. The molecule has 0 bridgehead atoms. The fraction of sp³-hybridized carbons (Fsp3) is 0.141. The minimum absolute atomic E-state index is 0.113. The minimum Gasteiger partial charge on any atom is -0.493 e. The third-order valence-corrected chi connectivity index (χ3v) is 19.7. The van der Waals surface area contributed by atoms with Crippen molar-refractivity contribution in [3.05, 3.63) is 252 Å². The van der Waals surface area contributed by atoms with Crippen molar-refractivity contribution in [2.24, 2.45) is 13.0 Å². The van der Waals surface area contributed by atoms with Crippen LogP contribution in [0, 0.1) is 5.92 Å². The number of halogens is 4. The summed E-state index contributed by atoms with van der Waals surface area (Å²) in [6.07, 6.45) is 15.9. The topological polar surface area (TPSA) is 294 Å². The number of rotatable bonds is 18. The predicted molar refractivity (Wildman–Crippen MR) is 337 cm³/mol. The van der Waals surface area contributed by atoms with Crippen molar-refractivity contribution < 1.29 is 57.5 Å². The summed E-state index contributed by atoms with van der Waals surface area (Å²) in [6.45, 7) is 5.22. The lowest BCUT2D eigenvalue weighted by Crippen LogP contribution is -2.23. The number of nitrogens with one attached hydrogen (secondary N) is 3. The second-order valence-corrected chi connectivity index (χ2v) is 27.5. The van der Waals surface area contributed by atoms with Crippen LogP contribution in [0.2, 0.25) is 5.02 Å². The Morgan fingerprint density at radius 2 is 1.00 bits per heavy atom. The molecule has 0 fully saturated rings. The number of aromatic nitrogens is 10. The minimum atomic E-state index is -4.64. The Morgan fingerprint density at radius 1 is 0.521 bits per heavy atom. The number of sulfone groups is 3. The lowest BCUT2D eigenvalue weighted by molar-refractivity contribution is -0.137. The average Bonchev–Trinajstić information content (AvgIpc) is 1.16. The SMILES string of the molecule is CC(C)COc1cccc(S(=O)(=O)c2ccc(CNC(=O)c3ccc4nccn4c3)cc2)c1.Cn1cc(S(=O)(=O)c2ccc(CNC(=O)c3cnc4nccn4c3)cc2)cn1.O=C(NCc1ccc(S(=O)(=O)c2ccc(C(F)(F)F)cc2Cl)cc1)c1cnc2nccn2c1. The van der Waals surface area contributed by atoms with E-state index in [0.29, 0.717) is 64.2 Å². The molecule has 30 heteroatoms. The molecule has 0 aliphatic rings. The highest BCUT2D eigenvalue weighted by Gasteiger charge is 2.33. The Labute approximate surface area is 540 Å². The number of hydrogen-bond donors (Lipinski definition) is 3. The first-order valence-corrected chi connectivity index (χ1v) is 33.1. The summed E-state index contributed by atoms with van der Waals surface area (Å²) >= 11 is 5.84. The van der Waals surface area contributed by atoms with Gasteiger partial charge >= 0.3 is 6.18 Å². The predicted octanol–water partition coefficient (Wildman–Crippen LogP) is 9.52. The van der Waals surface area contributed by atoms with Crippen LogP contribution in [0.1, 0.15) is 67.2 Å². The van der Waals surface area contributed by atoms with Gasteiger partial charge in [-0.3, -0.25) is 27.9 Å². The molecule has 0 radical (unpaired) electrons. The number of aryl methyl sites for hydroxylation is 1. The van der Waals surface area contributed by atoms with Gasteiger partial charge in [0, 0.05) is 101 Å². The number of amides is 3. The van der Waals surface area contributed by atoms with Gasteiger partial charge < -0.3 is 25.1 Å². The van der Waals surface area contributed by atoms with Gasteiger partial charge in [-0.1, -0.05) is 67.9 Å². The third-order valence-electron chi connectivity index (χ3n) is 14.0. The van der Waals surface area contributed by atoms with E-state index in [-0.39, 0.29) is 61.8 Å². The van der Waals surface area contributed by atoms with Gasteiger partial charge in [-0.05, 0) is 108 Å². The summed E-state index contributed by atoms with van der Waals surface area (Å²) in [5.41, 5.74) is 3.13. The normalized spacial score (nSPS) is 11.8. The Morgan fingerprint density at radius 3 is 1.49 bits per heavy atom. The summed E-state index contributed by atoms with van der Waals surface area (Å²) in [4.78, 5) is 57.6. The van der Waals surface area contributed by atoms with E-state index in [2.05, 4.69) is 46.0 Å². The fourth-order valence-corrected chi connectivity index (χ4v) is 13.3. The molecule has 0 saturated carbocycles. The zero-order chi connectivity index (χ0) is 67.0. The first kappa shape index (κ1) is 66.3. The Bertz CT molecular complexity index is 5100. The van der Waals surface area contributed by atoms with Crippen molar-refractivity contribution in [3.63, 3.8) is 0 Å². The van der Waals surface area contributed by atoms with Crippen LogP contribution in [0.4, 0.5) is 13.2 Å². The number of fused-ring (bicyclic) bond motifs is 3. The summed E-state index contributed by atoms with van der Waals surface area (Å²) in [6, 6.07) is 30.5. The molecule has 5 aromatic carbocycles. The number of benzene rings is 5. The van der Waals surface area contributed by atoms with Crippen LogP contribution in [0.25, 0.3) is 17.2 Å². The summed E-state index contributed by atoms with van der Waals surface area (Å²) in [7, 11) is -9.78. The van der Waals surface area contributed by atoms with E-state index in [0.717, 1.165) is 22.8 Å². The highest BCUT2D eigenvalue weighted by molar-refractivity contribution is 7.92. The number of carbonyl (C=O) groups is 3. The first-order valence-electron chi connectivity index (χ1n) is 28.3. The van der Waals surface area contributed by atoms with E-state index in [4.69, 9.17) is 16.3 Å². The van der Waals surface area contributed by atoms with E-state index in [1.165, 1.54) is 65.9 Å². The number of hydrogen-bond acceptors (Lipinski definition) is 16. The molecule has 12 aromatic rings.